The molecule has 0 radical (unpaired) electrons. The minimum Gasteiger partial charge on any atom is -0.449 e. The molecule has 6 atom stereocenters. The number of nitrogens with one attached hydrogen (secondary N) is 2. The Bertz CT molecular complexity index is 3310. The van der Waals surface area contributed by atoms with E-state index in [9.17, 15) is 28.8 Å². The van der Waals surface area contributed by atoms with Crippen LogP contribution >= 0.6 is 0 Å². The first-order valence-corrected chi connectivity index (χ1v) is 23.3. The number of hydrogen-bond donors (Lipinski definition) is 3. The summed E-state index contributed by atoms with van der Waals surface area (Å²) in [5, 5.41) is 8.17. The molecule has 4 heterocycles. The van der Waals surface area contributed by atoms with Gasteiger partial charge in [0.1, 0.15) is 23.8 Å². The van der Waals surface area contributed by atoms with Gasteiger partial charge in [-0.25, -0.2) is 19.2 Å². The summed E-state index contributed by atoms with van der Waals surface area (Å²) in [7, 11) is 0. The third-order valence-electron chi connectivity index (χ3n) is 12.2. The quantitative estimate of drug-likeness (QED) is 0.0330. The number of alkyl halides is 4. The first-order valence-electron chi connectivity index (χ1n) is 23.3. The predicted molar refractivity (Wildman–Crippen MR) is 266 cm³/mol. The molecule has 2 aliphatic rings. The van der Waals surface area contributed by atoms with Crippen molar-refractivity contribution in [2.75, 3.05) is 23.7 Å². The molecular weight excluding hydrogens is 1000 g/mol. The molecule has 4 N–H and O–H groups in total. The Morgan fingerprint density at radius 1 is 0.645 bits per heavy atom. The van der Waals surface area contributed by atoms with Crippen LogP contribution in [0.4, 0.5) is 29.2 Å². The largest absolute Gasteiger partial charge is 0.449 e. The Labute approximate surface area is 430 Å². The van der Waals surface area contributed by atoms with Crippen molar-refractivity contribution in [2.24, 2.45) is 10.8 Å². The molecule has 6 aromatic rings. The fourth-order valence-electron chi connectivity index (χ4n) is 8.91. The van der Waals surface area contributed by atoms with Gasteiger partial charge in [0.15, 0.2) is 12.2 Å². The highest BCUT2D eigenvalue weighted by Crippen LogP contribution is 2.46. The Hall–Kier alpha value is -8.57. The predicted octanol–water partition coefficient (Wildman–Crippen LogP) is 7.63. The lowest BCUT2D eigenvalue weighted by Gasteiger charge is -2.24. The van der Waals surface area contributed by atoms with Crippen LogP contribution in [0, 0.1) is 41.5 Å². The molecule has 20 nitrogen and oxygen atoms in total. The Balaban J connectivity index is 0.000000221. The average Bonchev–Trinajstić information content (AvgIpc) is 3.77. The number of nitrogens with two attached hydrogens (primary N) is 1. The summed E-state index contributed by atoms with van der Waals surface area (Å²) in [6.45, 7) is 9.40. The van der Waals surface area contributed by atoms with Gasteiger partial charge in [-0.2, -0.15) is 27.5 Å². The molecule has 2 amide bonds. The standard InChI is InChI=1S/C26H24F2N6O5.C26H26F2N4O5/c1-14-11-15(2)20(16(3)12-14)23(36)39-21-18(13-30-33-29)38-24(26(21,27)28)34-10-9-19(32-25(34)37)31-22(35)17-7-5-4-6-8-17;1-14-11-15(2)20(16(3)12-14)23(34)37-21-18(13-29)36-24(26(21,27)28)32-10-9-19(31-25(32)35)30-22(33)17-7-5-4-6-8-17/h4-12,18,21,24H,13H2,1-3H3,(H,31,32,35,37);4-12,18,21,24H,13,29H2,1-3H3,(H,30,31,33,35)/t2*18-,21-,24?/m11/s1. The second kappa shape index (κ2) is 22.9. The van der Waals surface area contributed by atoms with E-state index in [1.807, 2.05) is 13.8 Å². The molecule has 2 aromatic heterocycles. The minimum absolute atomic E-state index is 0.125. The van der Waals surface area contributed by atoms with E-state index in [-0.39, 0.29) is 29.3 Å². The van der Waals surface area contributed by atoms with E-state index in [4.69, 9.17) is 30.2 Å². The topological polar surface area (TPSA) is 274 Å². The molecular formula is C52H50F4N10O10. The van der Waals surface area contributed by atoms with E-state index >= 15 is 17.6 Å². The summed E-state index contributed by atoms with van der Waals surface area (Å²) < 4.78 is 84.9. The van der Waals surface area contributed by atoms with Gasteiger partial charge >= 0.3 is 35.2 Å². The lowest BCUT2D eigenvalue weighted by molar-refractivity contribution is -0.142. The highest BCUT2D eigenvalue weighted by molar-refractivity contribution is 6.04. The van der Waals surface area contributed by atoms with E-state index in [2.05, 4.69) is 30.6 Å². The van der Waals surface area contributed by atoms with Gasteiger partial charge in [-0.1, -0.05) is 76.9 Å². The summed E-state index contributed by atoms with van der Waals surface area (Å²) in [6.07, 6.45) is -9.49. The van der Waals surface area contributed by atoms with Gasteiger partial charge in [0.05, 0.1) is 17.7 Å². The van der Waals surface area contributed by atoms with Gasteiger partial charge < -0.3 is 35.3 Å². The second-order valence-corrected chi connectivity index (χ2v) is 17.9. The Morgan fingerprint density at radius 2 is 1.01 bits per heavy atom. The number of aryl methyl sites for hydroxylation is 6. The smallest absolute Gasteiger partial charge is 0.351 e. The lowest BCUT2D eigenvalue weighted by Crippen LogP contribution is -2.45. The summed E-state index contributed by atoms with van der Waals surface area (Å²) in [5.41, 5.74) is 17.1. The number of anilines is 2. The van der Waals surface area contributed by atoms with Crippen LogP contribution in [-0.4, -0.2) is 92.2 Å². The molecule has 8 rings (SSSR count). The van der Waals surface area contributed by atoms with Crippen molar-refractivity contribution < 1.29 is 55.7 Å². The molecule has 0 aliphatic carbocycles. The zero-order valence-electron chi connectivity index (χ0n) is 41.6. The molecule has 0 spiro atoms. The van der Waals surface area contributed by atoms with Gasteiger partial charge in [-0.05, 0) is 106 Å². The lowest BCUT2D eigenvalue weighted by atomic mass is 10.00. The zero-order chi connectivity index (χ0) is 55.2. The van der Waals surface area contributed by atoms with E-state index in [1.54, 1.807) is 113 Å². The van der Waals surface area contributed by atoms with E-state index in [0.717, 1.165) is 29.6 Å². The van der Waals surface area contributed by atoms with Gasteiger partial charge in [-0.15, -0.1) is 0 Å². The molecule has 4 aromatic carbocycles. The fraction of sp³-hybridized carbons (Fsp3) is 0.308. The number of carbonyl (C=O) groups excluding carboxylic acids is 4. The molecule has 2 fully saturated rings. The molecule has 2 unspecified atom stereocenters. The van der Waals surface area contributed by atoms with Crippen LogP contribution in [0.2, 0.25) is 0 Å². The van der Waals surface area contributed by atoms with Crippen molar-refractivity contribution >= 4 is 35.4 Å². The molecule has 396 valence electrons. The molecule has 24 heteroatoms. The number of carbonyl (C=O) groups is 4. The number of ether oxygens (including phenoxy) is 4. The number of esters is 2. The van der Waals surface area contributed by atoms with Crippen LogP contribution in [0.15, 0.2) is 124 Å². The van der Waals surface area contributed by atoms with Crippen LogP contribution in [0.5, 0.6) is 0 Å². The average molecular weight is 1050 g/mol. The van der Waals surface area contributed by atoms with Crippen molar-refractivity contribution in [1.29, 1.82) is 0 Å². The summed E-state index contributed by atoms with van der Waals surface area (Å²) in [4.78, 5) is 85.9. The van der Waals surface area contributed by atoms with Crippen LogP contribution in [-0.2, 0) is 18.9 Å². The van der Waals surface area contributed by atoms with Crippen LogP contribution in [0.3, 0.4) is 0 Å². The number of benzene rings is 4. The van der Waals surface area contributed by atoms with Gasteiger partial charge in [0.25, 0.3) is 11.8 Å². The minimum atomic E-state index is -3.92. The third-order valence-corrected chi connectivity index (χ3v) is 12.2. The first kappa shape index (κ1) is 55.2. The second-order valence-electron chi connectivity index (χ2n) is 17.9. The van der Waals surface area contributed by atoms with Gasteiger partial charge in [0.2, 0.25) is 12.5 Å². The van der Waals surface area contributed by atoms with E-state index in [0.29, 0.717) is 42.5 Å². The van der Waals surface area contributed by atoms with Gasteiger partial charge in [-0.3, -0.25) is 18.7 Å². The maximum absolute atomic E-state index is 15.7. The van der Waals surface area contributed by atoms with Gasteiger partial charge in [0, 0.05) is 35.0 Å². The number of rotatable bonds is 13. The normalized spacial score (nSPS) is 20.0. The Kier molecular flexibility index (Phi) is 16.6. The molecule has 0 bridgehead atoms. The van der Waals surface area contributed by atoms with E-state index < -0.39 is 90.4 Å². The molecule has 2 aliphatic heterocycles. The summed E-state index contributed by atoms with van der Waals surface area (Å²) in [5.74, 6) is -11.0. The highest BCUT2D eigenvalue weighted by atomic mass is 19.3. The number of hydrogen-bond acceptors (Lipinski definition) is 14. The number of nitrogens with zero attached hydrogens (tertiary/aromatic N) is 7. The molecule has 0 saturated carbocycles. The van der Waals surface area contributed by atoms with Crippen LogP contribution in [0.1, 0.15) is 87.3 Å². The SMILES string of the molecule is Cc1cc(C)c(C(=O)O[C@@H]2[C@@H](CN)OC(n3ccc(NC(=O)c4ccccc4)nc3=O)C2(F)F)c(C)c1.Cc1cc(C)c(C(=O)O[C@@H]2[C@@H](CN=[N+]=[N-])OC(n3ccc(NC(=O)c4ccccc4)nc3=O)C2(F)F)c(C)c1. The number of azide groups is 1. The van der Waals surface area contributed by atoms with Crippen LogP contribution in [0.25, 0.3) is 10.4 Å². The number of amides is 2. The maximum Gasteiger partial charge on any atom is 0.351 e. The monoisotopic (exact) mass is 1050 g/mol. The molecule has 2 saturated heterocycles. The van der Waals surface area contributed by atoms with Crippen LogP contribution < -0.4 is 27.7 Å². The fourth-order valence-corrected chi connectivity index (χ4v) is 8.91. The Morgan fingerprint density at radius 3 is 1.37 bits per heavy atom. The first-order chi connectivity index (χ1) is 36.0. The number of aromatic nitrogens is 4. The summed E-state index contributed by atoms with van der Waals surface area (Å²) in [6, 6.07) is 25.6. The van der Waals surface area contributed by atoms with Crippen molar-refractivity contribution in [3.05, 3.63) is 197 Å². The van der Waals surface area contributed by atoms with Crippen molar-refractivity contribution in [2.45, 2.75) is 90.3 Å². The third kappa shape index (κ3) is 11.8. The number of halogens is 4. The van der Waals surface area contributed by atoms with Crippen molar-refractivity contribution in [3.8, 4) is 0 Å². The summed E-state index contributed by atoms with van der Waals surface area (Å²) >= 11 is 0. The van der Waals surface area contributed by atoms with Crippen molar-refractivity contribution in [1.82, 2.24) is 19.1 Å². The zero-order valence-corrected chi connectivity index (χ0v) is 41.6. The molecule has 76 heavy (non-hydrogen) atoms. The van der Waals surface area contributed by atoms with Crippen molar-refractivity contribution in [3.63, 3.8) is 0 Å². The maximum atomic E-state index is 15.7. The highest BCUT2D eigenvalue weighted by Gasteiger charge is 2.63. The van der Waals surface area contributed by atoms with E-state index in [1.165, 1.54) is 6.07 Å².